The molecule has 0 spiro atoms. The molecule has 1 heterocycles. The van der Waals surface area contributed by atoms with Gasteiger partial charge in [0.05, 0.1) is 16.7 Å². The summed E-state index contributed by atoms with van der Waals surface area (Å²) in [5.41, 5.74) is 0.808. The summed E-state index contributed by atoms with van der Waals surface area (Å²) in [5, 5.41) is 17.5. The first kappa shape index (κ1) is 19.4. The molecule has 28 heavy (non-hydrogen) atoms. The van der Waals surface area contributed by atoms with Gasteiger partial charge in [-0.05, 0) is 50.3 Å². The van der Waals surface area contributed by atoms with E-state index in [0.717, 1.165) is 29.4 Å². The third-order valence-corrected chi connectivity index (χ3v) is 6.84. The van der Waals surface area contributed by atoms with E-state index < -0.39 is 10.0 Å². The molecule has 0 saturated heterocycles. The number of hydrogen-bond donors (Lipinski definition) is 2. The molecule has 1 aromatic heterocycles. The SMILES string of the molecule is C[C@H](NC(=O)CSc1nnc(C2CC2)n1C1CC1)c1ccc(S(N)(=O)=O)cc1. The molecule has 1 aromatic carbocycles. The number of sulfonamides is 1. The van der Waals surface area contributed by atoms with E-state index in [1.54, 1.807) is 12.1 Å². The molecule has 3 N–H and O–H groups in total. The lowest BCUT2D eigenvalue weighted by Gasteiger charge is -2.15. The largest absolute Gasteiger partial charge is 0.349 e. The maximum Gasteiger partial charge on any atom is 0.238 e. The van der Waals surface area contributed by atoms with Gasteiger partial charge in [0.2, 0.25) is 15.9 Å². The number of rotatable bonds is 8. The quantitative estimate of drug-likeness (QED) is 0.630. The first-order valence-corrected chi connectivity index (χ1v) is 11.9. The molecule has 2 saturated carbocycles. The molecule has 1 amide bonds. The Kier molecular flexibility index (Phi) is 5.19. The van der Waals surface area contributed by atoms with Crippen molar-refractivity contribution in [3.63, 3.8) is 0 Å². The number of hydrogen-bond acceptors (Lipinski definition) is 6. The second kappa shape index (κ2) is 7.49. The average Bonchev–Trinajstić information content (AvgIpc) is 3.58. The zero-order valence-corrected chi connectivity index (χ0v) is 17.2. The third-order valence-electron chi connectivity index (χ3n) is 4.96. The second-order valence-corrected chi connectivity index (χ2v) is 9.91. The van der Waals surface area contributed by atoms with Crippen molar-refractivity contribution in [1.29, 1.82) is 0 Å². The van der Waals surface area contributed by atoms with Crippen molar-refractivity contribution in [1.82, 2.24) is 20.1 Å². The number of nitrogens with two attached hydrogens (primary N) is 1. The van der Waals surface area contributed by atoms with Crippen molar-refractivity contribution >= 4 is 27.7 Å². The molecule has 8 nitrogen and oxygen atoms in total. The number of carbonyl (C=O) groups excluding carboxylic acids is 1. The Morgan fingerprint density at radius 2 is 1.93 bits per heavy atom. The number of primary sulfonamides is 1. The monoisotopic (exact) mass is 421 g/mol. The summed E-state index contributed by atoms with van der Waals surface area (Å²) >= 11 is 1.41. The van der Waals surface area contributed by atoms with Crippen molar-refractivity contribution in [3.05, 3.63) is 35.7 Å². The van der Waals surface area contributed by atoms with Gasteiger partial charge in [-0.3, -0.25) is 4.79 Å². The zero-order valence-electron chi connectivity index (χ0n) is 15.5. The Morgan fingerprint density at radius 1 is 1.25 bits per heavy atom. The van der Waals surface area contributed by atoms with E-state index in [9.17, 15) is 13.2 Å². The number of thioether (sulfide) groups is 1. The van der Waals surface area contributed by atoms with Crippen LogP contribution in [0.1, 0.15) is 62.0 Å². The van der Waals surface area contributed by atoms with Crippen molar-refractivity contribution in [2.75, 3.05) is 5.75 Å². The van der Waals surface area contributed by atoms with Gasteiger partial charge in [-0.2, -0.15) is 0 Å². The first-order valence-electron chi connectivity index (χ1n) is 9.32. The normalized spacial score (nSPS) is 18.1. The Morgan fingerprint density at radius 3 is 2.50 bits per heavy atom. The van der Waals surface area contributed by atoms with Crippen LogP contribution in [0.2, 0.25) is 0 Å². The van der Waals surface area contributed by atoms with Gasteiger partial charge in [0.1, 0.15) is 5.82 Å². The highest BCUT2D eigenvalue weighted by Gasteiger charge is 2.36. The number of aromatic nitrogens is 3. The topological polar surface area (TPSA) is 120 Å². The van der Waals surface area contributed by atoms with Gasteiger partial charge < -0.3 is 9.88 Å². The van der Waals surface area contributed by atoms with Gasteiger partial charge in [-0.15, -0.1) is 10.2 Å². The van der Waals surface area contributed by atoms with Gasteiger partial charge in [0.15, 0.2) is 5.16 Å². The Bertz CT molecular complexity index is 979. The first-order chi connectivity index (χ1) is 13.3. The van der Waals surface area contributed by atoms with E-state index in [-0.39, 0.29) is 22.6 Å². The number of nitrogens with one attached hydrogen (secondary N) is 1. The van der Waals surface area contributed by atoms with E-state index in [0.29, 0.717) is 12.0 Å². The summed E-state index contributed by atoms with van der Waals surface area (Å²) in [6.07, 6.45) is 4.67. The smallest absolute Gasteiger partial charge is 0.238 e. The summed E-state index contributed by atoms with van der Waals surface area (Å²) in [5.74, 6) is 1.77. The molecule has 0 bridgehead atoms. The molecule has 0 radical (unpaired) electrons. The third kappa shape index (κ3) is 4.39. The van der Waals surface area contributed by atoms with E-state index >= 15 is 0 Å². The molecule has 1 atom stereocenters. The summed E-state index contributed by atoms with van der Waals surface area (Å²) in [6, 6.07) is 6.45. The standard InChI is InChI=1S/C18H23N5O3S2/c1-11(12-4-8-15(9-5-12)28(19,25)26)20-16(24)10-27-18-22-21-17(13-2-3-13)23(18)14-6-7-14/h4-5,8-9,11,13-14H,2-3,6-7,10H2,1H3,(H,20,24)(H2,19,25,26)/t11-/m0/s1. The fourth-order valence-electron chi connectivity index (χ4n) is 3.13. The van der Waals surface area contributed by atoms with Crippen LogP contribution in [0.15, 0.2) is 34.3 Å². The van der Waals surface area contributed by atoms with Crippen molar-refractivity contribution < 1.29 is 13.2 Å². The fourth-order valence-corrected chi connectivity index (χ4v) is 4.46. The van der Waals surface area contributed by atoms with Gasteiger partial charge in [-0.25, -0.2) is 13.6 Å². The molecule has 0 unspecified atom stereocenters. The second-order valence-electron chi connectivity index (χ2n) is 7.41. The minimum atomic E-state index is -3.72. The number of carbonyl (C=O) groups is 1. The van der Waals surface area contributed by atoms with E-state index in [4.69, 9.17) is 5.14 Å². The molecule has 2 aliphatic rings. The van der Waals surface area contributed by atoms with Crippen LogP contribution in [0.4, 0.5) is 0 Å². The summed E-state index contributed by atoms with van der Waals surface area (Å²) in [6.45, 7) is 1.85. The van der Waals surface area contributed by atoms with Gasteiger partial charge >= 0.3 is 0 Å². The molecule has 4 rings (SSSR count). The predicted octanol–water partition coefficient (Wildman–Crippen LogP) is 2.11. The average molecular weight is 422 g/mol. The molecular weight excluding hydrogens is 398 g/mol. The molecule has 0 aliphatic heterocycles. The van der Waals surface area contributed by atoms with E-state index in [2.05, 4.69) is 20.1 Å². The highest BCUT2D eigenvalue weighted by molar-refractivity contribution is 7.99. The Labute approximate surface area is 168 Å². The van der Waals surface area contributed by atoms with Crippen molar-refractivity contribution in [2.45, 2.75) is 60.7 Å². The summed E-state index contributed by atoms with van der Waals surface area (Å²) in [7, 11) is -3.72. The molecule has 10 heteroatoms. The van der Waals surface area contributed by atoms with Crippen LogP contribution in [-0.4, -0.2) is 34.8 Å². The van der Waals surface area contributed by atoms with Gasteiger partial charge in [0.25, 0.3) is 0 Å². The lowest BCUT2D eigenvalue weighted by atomic mass is 10.1. The van der Waals surface area contributed by atoms with Gasteiger partial charge in [0, 0.05) is 12.0 Å². The van der Waals surface area contributed by atoms with Crippen LogP contribution in [0.5, 0.6) is 0 Å². The summed E-state index contributed by atoms with van der Waals surface area (Å²) < 4.78 is 24.9. The fraction of sp³-hybridized carbons (Fsp3) is 0.500. The summed E-state index contributed by atoms with van der Waals surface area (Å²) in [4.78, 5) is 12.4. The molecule has 2 aromatic rings. The molecule has 2 fully saturated rings. The minimum Gasteiger partial charge on any atom is -0.349 e. The van der Waals surface area contributed by atoms with Crippen molar-refractivity contribution in [2.24, 2.45) is 5.14 Å². The van der Waals surface area contributed by atoms with E-state index in [1.807, 2.05) is 6.92 Å². The molecule has 150 valence electrons. The van der Waals surface area contributed by atoms with Crippen molar-refractivity contribution in [3.8, 4) is 0 Å². The highest BCUT2D eigenvalue weighted by Crippen LogP contribution is 2.45. The van der Waals surface area contributed by atoms with Crippen LogP contribution >= 0.6 is 11.8 Å². The van der Waals surface area contributed by atoms with Gasteiger partial charge in [-0.1, -0.05) is 23.9 Å². The number of amides is 1. The minimum absolute atomic E-state index is 0.0520. The van der Waals surface area contributed by atoms with E-state index in [1.165, 1.54) is 36.7 Å². The number of nitrogens with zero attached hydrogens (tertiary/aromatic N) is 3. The Balaban J connectivity index is 1.35. The highest BCUT2D eigenvalue weighted by atomic mass is 32.2. The lowest BCUT2D eigenvalue weighted by molar-refractivity contribution is -0.119. The zero-order chi connectivity index (χ0) is 19.9. The number of benzene rings is 1. The molecular formula is C18H23N5O3S2. The maximum atomic E-state index is 12.4. The lowest BCUT2D eigenvalue weighted by Crippen LogP contribution is -2.28. The van der Waals surface area contributed by atoms with Crippen LogP contribution in [0.3, 0.4) is 0 Å². The van der Waals surface area contributed by atoms with Crippen LogP contribution in [0, 0.1) is 0 Å². The Hall–Kier alpha value is -1.91. The maximum absolute atomic E-state index is 12.4. The van der Waals surface area contributed by atoms with Crippen LogP contribution in [-0.2, 0) is 14.8 Å². The predicted molar refractivity (Wildman–Crippen MR) is 105 cm³/mol. The molecule has 2 aliphatic carbocycles. The van der Waals surface area contributed by atoms with Crippen LogP contribution < -0.4 is 10.5 Å². The van der Waals surface area contributed by atoms with Crippen LogP contribution in [0.25, 0.3) is 0 Å².